The van der Waals surface area contributed by atoms with E-state index in [1.807, 2.05) is 4.90 Å². The quantitative estimate of drug-likeness (QED) is 0.778. The normalized spacial score (nSPS) is 39.6. The van der Waals surface area contributed by atoms with Gasteiger partial charge >= 0.3 is 0 Å². The molecule has 144 valence electrons. The van der Waals surface area contributed by atoms with Crippen LogP contribution in [-0.2, 0) is 14.3 Å². The molecule has 25 heavy (non-hydrogen) atoms. The van der Waals surface area contributed by atoms with Gasteiger partial charge in [0.25, 0.3) is 0 Å². The number of carbonyl (C=O) groups excluding carboxylic acids is 1. The van der Waals surface area contributed by atoms with Crippen molar-refractivity contribution in [1.29, 1.82) is 0 Å². The molecule has 2 saturated carbocycles. The molecule has 4 unspecified atom stereocenters. The number of hydrogen-bond acceptors (Lipinski definition) is 5. The van der Waals surface area contributed by atoms with Gasteiger partial charge in [-0.25, -0.2) is 0 Å². The van der Waals surface area contributed by atoms with Crippen molar-refractivity contribution >= 4 is 5.91 Å². The molecule has 6 heteroatoms. The van der Waals surface area contributed by atoms with E-state index in [2.05, 4.69) is 0 Å². The maximum atomic E-state index is 12.8. The molecular formula is C19H33NO5. The molecule has 0 aromatic heterocycles. The van der Waals surface area contributed by atoms with Gasteiger partial charge in [0.05, 0.1) is 30.3 Å². The Morgan fingerprint density at radius 1 is 1.08 bits per heavy atom. The summed E-state index contributed by atoms with van der Waals surface area (Å²) in [5, 5.41) is 20.5. The van der Waals surface area contributed by atoms with Crippen LogP contribution in [0.15, 0.2) is 0 Å². The summed E-state index contributed by atoms with van der Waals surface area (Å²) in [6.45, 7) is 2.15. The maximum Gasteiger partial charge on any atom is 0.230 e. The first-order valence-corrected chi connectivity index (χ1v) is 9.87. The van der Waals surface area contributed by atoms with Crippen molar-refractivity contribution in [3.63, 3.8) is 0 Å². The number of rotatable bonds is 5. The van der Waals surface area contributed by atoms with Gasteiger partial charge in [0, 0.05) is 39.6 Å². The molecule has 2 N–H and O–H groups in total. The Kier molecular flexibility index (Phi) is 6.72. The van der Waals surface area contributed by atoms with E-state index in [1.165, 1.54) is 0 Å². The van der Waals surface area contributed by atoms with Crippen LogP contribution in [0.2, 0.25) is 0 Å². The number of nitrogens with zero attached hydrogens (tertiary/aromatic N) is 1. The highest BCUT2D eigenvalue weighted by atomic mass is 16.5. The topological polar surface area (TPSA) is 79.2 Å². The fourth-order valence-electron chi connectivity index (χ4n) is 4.62. The molecule has 3 aliphatic rings. The number of carbonyl (C=O) groups is 1. The second-order valence-electron chi connectivity index (χ2n) is 8.00. The molecule has 2 aliphatic carbocycles. The Bertz CT molecular complexity index is 432. The summed E-state index contributed by atoms with van der Waals surface area (Å²) >= 11 is 0. The van der Waals surface area contributed by atoms with Crippen LogP contribution < -0.4 is 0 Å². The highest BCUT2D eigenvalue weighted by molar-refractivity contribution is 5.80. The van der Waals surface area contributed by atoms with E-state index >= 15 is 0 Å². The minimum atomic E-state index is -0.814. The number of hydrogen-bond donors (Lipinski definition) is 2. The van der Waals surface area contributed by atoms with Crippen LogP contribution in [0, 0.1) is 11.8 Å². The molecule has 3 fully saturated rings. The number of likely N-dealkylation sites (tertiary alicyclic amines) is 1. The summed E-state index contributed by atoms with van der Waals surface area (Å²) in [5.41, 5.74) is 0. The highest BCUT2D eigenvalue weighted by Crippen LogP contribution is 2.32. The van der Waals surface area contributed by atoms with Crippen molar-refractivity contribution in [2.24, 2.45) is 11.8 Å². The zero-order chi connectivity index (χ0) is 17.8. The predicted molar refractivity (Wildman–Crippen MR) is 93.0 cm³/mol. The van der Waals surface area contributed by atoms with Gasteiger partial charge in [-0.15, -0.1) is 0 Å². The van der Waals surface area contributed by atoms with Crippen LogP contribution >= 0.6 is 0 Å². The second kappa shape index (κ2) is 8.80. The van der Waals surface area contributed by atoms with Crippen LogP contribution in [0.4, 0.5) is 0 Å². The lowest BCUT2D eigenvalue weighted by Gasteiger charge is -2.39. The molecule has 1 aliphatic heterocycles. The zero-order valence-corrected chi connectivity index (χ0v) is 15.3. The fourth-order valence-corrected chi connectivity index (χ4v) is 4.62. The summed E-state index contributed by atoms with van der Waals surface area (Å²) in [7, 11) is 1.76. The molecule has 6 nitrogen and oxygen atoms in total. The van der Waals surface area contributed by atoms with Gasteiger partial charge in [-0.3, -0.25) is 4.79 Å². The third kappa shape index (κ3) is 4.73. The molecule has 3 rings (SSSR count). The van der Waals surface area contributed by atoms with Crippen molar-refractivity contribution in [3.8, 4) is 0 Å². The summed E-state index contributed by atoms with van der Waals surface area (Å²) in [4.78, 5) is 14.7. The van der Waals surface area contributed by atoms with Gasteiger partial charge in [0.1, 0.15) is 0 Å². The van der Waals surface area contributed by atoms with Crippen molar-refractivity contribution < 1.29 is 24.5 Å². The van der Waals surface area contributed by atoms with E-state index in [1.54, 1.807) is 7.11 Å². The van der Waals surface area contributed by atoms with Crippen molar-refractivity contribution in [2.45, 2.75) is 75.8 Å². The van der Waals surface area contributed by atoms with Gasteiger partial charge in [0.15, 0.2) is 0 Å². The van der Waals surface area contributed by atoms with E-state index in [0.717, 1.165) is 51.6 Å². The van der Waals surface area contributed by atoms with E-state index < -0.39 is 18.1 Å². The molecule has 0 aromatic carbocycles. The third-order valence-electron chi connectivity index (χ3n) is 6.21. The van der Waals surface area contributed by atoms with E-state index in [-0.39, 0.29) is 18.4 Å². The van der Waals surface area contributed by atoms with Crippen LogP contribution in [-0.4, -0.2) is 72.2 Å². The van der Waals surface area contributed by atoms with Crippen molar-refractivity contribution in [1.82, 2.24) is 4.90 Å². The molecule has 0 aromatic rings. The Hall–Kier alpha value is -0.690. The summed E-state index contributed by atoms with van der Waals surface area (Å²) in [6.07, 6.45) is 5.59. The van der Waals surface area contributed by atoms with Crippen LogP contribution in [0.5, 0.6) is 0 Å². The minimum absolute atomic E-state index is 0.00462. The Labute approximate surface area is 150 Å². The summed E-state index contributed by atoms with van der Waals surface area (Å²) in [5.74, 6) is -0.0491. The van der Waals surface area contributed by atoms with Gasteiger partial charge in [-0.2, -0.15) is 0 Å². The molecular weight excluding hydrogens is 322 g/mol. The lowest BCUT2D eigenvalue weighted by Crippen LogP contribution is -2.52. The molecule has 0 radical (unpaired) electrons. The molecule has 1 heterocycles. The maximum absolute atomic E-state index is 12.8. The number of aliphatic hydroxyl groups is 2. The van der Waals surface area contributed by atoms with Crippen molar-refractivity contribution in [2.75, 3.05) is 26.8 Å². The van der Waals surface area contributed by atoms with Gasteiger partial charge in [-0.1, -0.05) is 0 Å². The molecule has 1 amide bonds. The molecule has 1 saturated heterocycles. The third-order valence-corrected chi connectivity index (χ3v) is 6.21. The number of amides is 1. The number of ether oxygens (including phenoxy) is 2. The van der Waals surface area contributed by atoms with E-state index in [4.69, 9.17) is 9.47 Å². The van der Waals surface area contributed by atoms with E-state index in [0.29, 0.717) is 25.0 Å². The zero-order valence-electron chi connectivity index (χ0n) is 15.3. The predicted octanol–water partition coefficient (Wildman–Crippen LogP) is 1.33. The summed E-state index contributed by atoms with van der Waals surface area (Å²) < 4.78 is 11.5. The monoisotopic (exact) mass is 355 g/mol. The first-order chi connectivity index (χ1) is 12.1. The number of aliphatic hydroxyl groups excluding tert-OH is 2. The first kappa shape index (κ1) is 19.1. The lowest BCUT2D eigenvalue weighted by molar-refractivity contribution is -0.158. The van der Waals surface area contributed by atoms with Crippen LogP contribution in [0.3, 0.4) is 0 Å². The first-order valence-electron chi connectivity index (χ1n) is 9.87. The summed E-state index contributed by atoms with van der Waals surface area (Å²) in [6, 6.07) is 0. The van der Waals surface area contributed by atoms with Gasteiger partial charge in [0.2, 0.25) is 5.91 Å². The molecule has 4 atom stereocenters. The Morgan fingerprint density at radius 3 is 2.40 bits per heavy atom. The fraction of sp³-hybridized carbons (Fsp3) is 0.947. The van der Waals surface area contributed by atoms with Crippen LogP contribution in [0.25, 0.3) is 0 Å². The molecule has 0 spiro atoms. The largest absolute Gasteiger partial charge is 0.393 e. The average Bonchev–Trinajstić information content (AvgIpc) is 3.14. The molecule has 0 bridgehead atoms. The highest BCUT2D eigenvalue weighted by Gasteiger charge is 2.44. The Balaban J connectivity index is 1.57. The Morgan fingerprint density at radius 2 is 1.76 bits per heavy atom. The standard InChI is InChI=1S/C19H33NO5/c1-24-15-6-4-13(5-7-15)12-25-17-11-14(21)10-16(22)18(17)19(23)20-8-2-3-9-20/h13-18,21-22H,2-12H2,1H3. The van der Waals surface area contributed by atoms with Crippen LogP contribution in [0.1, 0.15) is 51.4 Å². The SMILES string of the molecule is COC1CCC(COC2CC(O)CC(O)C2C(=O)N2CCCC2)CC1. The van der Waals surface area contributed by atoms with Crippen molar-refractivity contribution in [3.05, 3.63) is 0 Å². The smallest absolute Gasteiger partial charge is 0.230 e. The number of methoxy groups -OCH3 is 1. The van der Waals surface area contributed by atoms with Gasteiger partial charge in [-0.05, 0) is 44.4 Å². The average molecular weight is 355 g/mol. The lowest BCUT2D eigenvalue weighted by atomic mass is 9.81. The minimum Gasteiger partial charge on any atom is -0.393 e. The van der Waals surface area contributed by atoms with E-state index in [9.17, 15) is 15.0 Å². The second-order valence-corrected chi connectivity index (χ2v) is 8.00. The van der Waals surface area contributed by atoms with Gasteiger partial charge < -0.3 is 24.6 Å².